The molecule has 0 saturated carbocycles. The molecule has 0 fully saturated rings. The predicted molar refractivity (Wildman–Crippen MR) is 124 cm³/mol. The van der Waals surface area contributed by atoms with Crippen molar-refractivity contribution in [3.05, 3.63) is 80.6 Å². The minimum atomic E-state index is -0.195. The fourth-order valence-electron chi connectivity index (χ4n) is 4.80. The fourth-order valence-corrected chi connectivity index (χ4v) is 5.07. The minimum Gasteiger partial charge on any atom is -0.493 e. The third-order valence-corrected chi connectivity index (χ3v) is 6.87. The lowest BCUT2D eigenvalue weighted by molar-refractivity contribution is -0.116. The number of Topliss-reactive ketones (excluding diaryl/α,β-unsaturated/α-hetero) is 1. The highest BCUT2D eigenvalue weighted by atomic mass is 79.9. The summed E-state index contributed by atoms with van der Waals surface area (Å²) in [4.78, 5) is 13.6. The van der Waals surface area contributed by atoms with Gasteiger partial charge in [0.2, 0.25) is 5.88 Å². The van der Waals surface area contributed by atoms with Crippen molar-refractivity contribution in [2.45, 2.75) is 31.6 Å². The van der Waals surface area contributed by atoms with Gasteiger partial charge in [-0.15, -0.1) is 0 Å². The van der Waals surface area contributed by atoms with Crippen LogP contribution in [0.15, 0.2) is 62.7 Å². The summed E-state index contributed by atoms with van der Waals surface area (Å²) in [5, 5.41) is 7.55. The van der Waals surface area contributed by atoms with Crippen LogP contribution in [0.25, 0.3) is 0 Å². The number of allylic oxidation sites excluding steroid dienone is 2. The van der Waals surface area contributed by atoms with Crippen molar-refractivity contribution >= 4 is 27.6 Å². The number of anilines is 1. The first kappa shape index (κ1) is 20.8. The van der Waals surface area contributed by atoms with E-state index in [4.69, 9.17) is 14.0 Å². The van der Waals surface area contributed by atoms with Crippen molar-refractivity contribution in [2.24, 2.45) is 0 Å². The quantitative estimate of drug-likeness (QED) is 0.499. The van der Waals surface area contributed by atoms with E-state index in [0.29, 0.717) is 30.2 Å². The molecule has 1 aliphatic heterocycles. The van der Waals surface area contributed by atoms with E-state index in [1.165, 1.54) is 0 Å². The molecule has 1 aromatic heterocycles. The Labute approximate surface area is 194 Å². The van der Waals surface area contributed by atoms with Crippen LogP contribution in [0.3, 0.4) is 0 Å². The van der Waals surface area contributed by atoms with Crippen LogP contribution < -0.4 is 14.8 Å². The Kier molecular flexibility index (Phi) is 5.29. The van der Waals surface area contributed by atoms with E-state index in [1.54, 1.807) is 14.2 Å². The second kappa shape index (κ2) is 8.13. The maximum absolute atomic E-state index is 13.6. The number of carbonyl (C=O) groups is 1. The van der Waals surface area contributed by atoms with Gasteiger partial charge < -0.3 is 19.3 Å². The largest absolute Gasteiger partial charge is 0.493 e. The van der Waals surface area contributed by atoms with E-state index < -0.39 is 0 Å². The molecular formula is C25H23BrN2O4. The lowest BCUT2D eigenvalue weighted by atomic mass is 9.72. The van der Waals surface area contributed by atoms with E-state index in [2.05, 4.69) is 38.5 Å². The summed E-state index contributed by atoms with van der Waals surface area (Å²) in [7, 11) is 3.23. The van der Waals surface area contributed by atoms with Crippen molar-refractivity contribution in [1.29, 1.82) is 0 Å². The third-order valence-electron chi connectivity index (χ3n) is 6.34. The molecule has 0 spiro atoms. The molecule has 2 aromatic carbocycles. The first-order valence-electron chi connectivity index (χ1n) is 10.5. The Morgan fingerprint density at radius 2 is 1.75 bits per heavy atom. The van der Waals surface area contributed by atoms with Crippen LogP contribution in [-0.2, 0) is 4.79 Å². The van der Waals surface area contributed by atoms with Crippen molar-refractivity contribution in [2.75, 3.05) is 19.5 Å². The molecule has 2 atom stereocenters. The summed E-state index contributed by atoms with van der Waals surface area (Å²) in [6.45, 7) is 1.92. The number of ketones is 1. The number of fused-ring (bicyclic) bond motifs is 1. The molecule has 3 aromatic rings. The van der Waals surface area contributed by atoms with E-state index in [0.717, 1.165) is 38.1 Å². The number of rotatable bonds is 4. The molecule has 32 heavy (non-hydrogen) atoms. The molecule has 1 aliphatic carbocycles. The maximum atomic E-state index is 13.6. The number of hydrogen-bond acceptors (Lipinski definition) is 6. The number of aromatic nitrogens is 1. The number of ether oxygens (including phenoxy) is 2. The second-order valence-electron chi connectivity index (χ2n) is 8.16. The monoisotopic (exact) mass is 494 g/mol. The van der Waals surface area contributed by atoms with Crippen LogP contribution in [-0.4, -0.2) is 25.2 Å². The summed E-state index contributed by atoms with van der Waals surface area (Å²) in [6, 6.07) is 14.0. The molecule has 5 rings (SSSR count). The molecule has 0 saturated heterocycles. The van der Waals surface area contributed by atoms with Gasteiger partial charge in [0.1, 0.15) is 0 Å². The lowest BCUT2D eigenvalue weighted by Gasteiger charge is -2.34. The van der Waals surface area contributed by atoms with Gasteiger partial charge in [-0.2, -0.15) is 0 Å². The van der Waals surface area contributed by atoms with Gasteiger partial charge in [-0.1, -0.05) is 39.3 Å². The fraction of sp³-hybridized carbons (Fsp3) is 0.280. The van der Waals surface area contributed by atoms with Crippen LogP contribution in [0.5, 0.6) is 11.5 Å². The number of methoxy groups -OCH3 is 2. The van der Waals surface area contributed by atoms with Crippen LogP contribution in [0.1, 0.15) is 47.1 Å². The van der Waals surface area contributed by atoms with Gasteiger partial charge in [-0.3, -0.25) is 4.79 Å². The average molecular weight is 495 g/mol. The normalized spacial score (nSPS) is 19.8. The van der Waals surface area contributed by atoms with E-state index >= 15 is 0 Å². The summed E-state index contributed by atoms with van der Waals surface area (Å²) in [5.74, 6) is 1.93. The molecule has 1 N–H and O–H groups in total. The van der Waals surface area contributed by atoms with Gasteiger partial charge in [0.25, 0.3) is 0 Å². The Bertz CT molecular complexity index is 1230. The molecule has 0 bridgehead atoms. The van der Waals surface area contributed by atoms with E-state index in [9.17, 15) is 4.79 Å². The zero-order chi connectivity index (χ0) is 22.4. The van der Waals surface area contributed by atoms with Crippen LogP contribution in [0.2, 0.25) is 0 Å². The zero-order valence-electron chi connectivity index (χ0n) is 18.1. The highest BCUT2D eigenvalue weighted by Gasteiger charge is 2.41. The van der Waals surface area contributed by atoms with Crippen LogP contribution in [0, 0.1) is 6.92 Å². The second-order valence-corrected chi connectivity index (χ2v) is 9.07. The first-order chi connectivity index (χ1) is 15.5. The number of benzene rings is 2. The number of nitrogens with one attached hydrogen (secondary N) is 1. The highest BCUT2D eigenvalue weighted by Crippen LogP contribution is 2.49. The topological polar surface area (TPSA) is 73.6 Å². The van der Waals surface area contributed by atoms with E-state index in [-0.39, 0.29) is 17.6 Å². The summed E-state index contributed by atoms with van der Waals surface area (Å²) >= 11 is 3.50. The molecule has 0 amide bonds. The summed E-state index contributed by atoms with van der Waals surface area (Å²) < 4.78 is 17.4. The Balaban J connectivity index is 1.57. The van der Waals surface area contributed by atoms with Crippen LogP contribution in [0.4, 0.5) is 5.88 Å². The first-order valence-corrected chi connectivity index (χ1v) is 11.3. The molecular weight excluding hydrogens is 472 g/mol. The number of nitrogens with zero attached hydrogens (tertiary/aromatic N) is 1. The maximum Gasteiger partial charge on any atom is 0.233 e. The zero-order valence-corrected chi connectivity index (χ0v) is 19.7. The summed E-state index contributed by atoms with van der Waals surface area (Å²) in [5.41, 5.74) is 5.53. The molecule has 0 unspecified atom stereocenters. The lowest BCUT2D eigenvalue weighted by Crippen LogP contribution is -2.29. The summed E-state index contributed by atoms with van der Waals surface area (Å²) in [6.07, 6.45) is 1.13. The molecule has 6 nitrogen and oxygen atoms in total. The van der Waals surface area contributed by atoms with E-state index in [1.807, 2.05) is 37.3 Å². The Morgan fingerprint density at radius 1 is 1.03 bits per heavy atom. The van der Waals surface area contributed by atoms with Crippen molar-refractivity contribution < 1.29 is 18.8 Å². The number of carbonyl (C=O) groups excluding carboxylic acids is 1. The molecule has 7 heteroatoms. The standard InChI is InChI=1S/C25H23BrN2O4/c1-13-22-23(14-4-7-17(26)8-5-14)24-18(27-25(22)32-28-13)10-16(11-19(24)29)15-6-9-20(30-2)21(12-15)31-3/h4-9,12,16,23,27H,10-11H2,1-3H3/t16-,23+/m1/s1. The SMILES string of the molecule is COc1ccc([C@H]2CC(=O)C3=C(C2)Nc2onc(C)c2[C@@H]3c2ccc(Br)cc2)cc1OC. The van der Waals surface area contributed by atoms with Crippen molar-refractivity contribution in [1.82, 2.24) is 5.16 Å². The molecule has 2 aliphatic rings. The third kappa shape index (κ3) is 3.41. The molecule has 0 radical (unpaired) electrons. The highest BCUT2D eigenvalue weighted by molar-refractivity contribution is 9.10. The average Bonchev–Trinajstić information content (AvgIpc) is 3.18. The van der Waals surface area contributed by atoms with Gasteiger partial charge in [-0.05, 0) is 54.7 Å². The van der Waals surface area contributed by atoms with Gasteiger partial charge in [0, 0.05) is 28.1 Å². The van der Waals surface area contributed by atoms with Gasteiger partial charge in [0.15, 0.2) is 17.3 Å². The molecule has 164 valence electrons. The number of hydrogen-bond donors (Lipinski definition) is 1. The van der Waals surface area contributed by atoms with Gasteiger partial charge >= 0.3 is 0 Å². The number of halogens is 1. The van der Waals surface area contributed by atoms with Gasteiger partial charge in [-0.25, -0.2) is 0 Å². The number of aryl methyl sites for hydroxylation is 1. The molecule has 2 heterocycles. The predicted octanol–water partition coefficient (Wildman–Crippen LogP) is 5.72. The minimum absolute atomic E-state index is 0.0321. The Morgan fingerprint density at radius 3 is 2.47 bits per heavy atom. The van der Waals surface area contributed by atoms with Crippen LogP contribution >= 0.6 is 15.9 Å². The smallest absolute Gasteiger partial charge is 0.233 e. The van der Waals surface area contributed by atoms with Gasteiger partial charge in [0.05, 0.1) is 25.5 Å². The van der Waals surface area contributed by atoms with Crippen molar-refractivity contribution in [3.8, 4) is 11.5 Å². The Hall–Kier alpha value is -3.06. The van der Waals surface area contributed by atoms with Crippen molar-refractivity contribution in [3.63, 3.8) is 0 Å².